The van der Waals surface area contributed by atoms with Crippen molar-refractivity contribution in [1.82, 2.24) is 4.98 Å². The molecule has 0 saturated carbocycles. The van der Waals surface area contributed by atoms with Gasteiger partial charge >= 0.3 is 0 Å². The summed E-state index contributed by atoms with van der Waals surface area (Å²) in [4.78, 5) is 15.6. The zero-order chi connectivity index (χ0) is 14.3. The van der Waals surface area contributed by atoms with Crippen molar-refractivity contribution in [2.45, 2.75) is 6.92 Å². The summed E-state index contributed by atoms with van der Waals surface area (Å²) in [7, 11) is 0. The Balaban J connectivity index is 2.18. The van der Waals surface area contributed by atoms with Gasteiger partial charge in [-0.25, -0.2) is 4.39 Å². The van der Waals surface area contributed by atoms with Crippen LogP contribution in [0.2, 0.25) is 5.02 Å². The molecular formula is C16H11ClFNO. The van der Waals surface area contributed by atoms with E-state index in [0.29, 0.717) is 21.5 Å². The summed E-state index contributed by atoms with van der Waals surface area (Å²) in [5.41, 5.74) is 2.44. The molecule has 0 radical (unpaired) electrons. The third kappa shape index (κ3) is 2.00. The van der Waals surface area contributed by atoms with Crippen molar-refractivity contribution >= 4 is 28.3 Å². The van der Waals surface area contributed by atoms with Crippen LogP contribution < -0.4 is 0 Å². The minimum absolute atomic E-state index is 0.165. The van der Waals surface area contributed by atoms with Gasteiger partial charge in [0.25, 0.3) is 0 Å². The molecule has 1 heterocycles. The second-order valence-electron chi connectivity index (χ2n) is 4.63. The summed E-state index contributed by atoms with van der Waals surface area (Å²) >= 11 is 6.04. The first-order valence-corrected chi connectivity index (χ1v) is 6.52. The molecule has 0 unspecified atom stereocenters. The van der Waals surface area contributed by atoms with Crippen molar-refractivity contribution in [2.24, 2.45) is 0 Å². The highest BCUT2D eigenvalue weighted by molar-refractivity contribution is 6.32. The van der Waals surface area contributed by atoms with E-state index < -0.39 is 0 Å². The van der Waals surface area contributed by atoms with Gasteiger partial charge in [0.2, 0.25) is 0 Å². The molecule has 3 rings (SSSR count). The van der Waals surface area contributed by atoms with Crippen LogP contribution in [0.3, 0.4) is 0 Å². The van der Waals surface area contributed by atoms with E-state index in [1.807, 2.05) is 0 Å². The predicted molar refractivity (Wildman–Crippen MR) is 77.9 cm³/mol. The number of nitrogens with one attached hydrogen (secondary N) is 1. The van der Waals surface area contributed by atoms with E-state index >= 15 is 0 Å². The summed E-state index contributed by atoms with van der Waals surface area (Å²) < 4.78 is 13.4. The number of H-pyrrole nitrogens is 1. The van der Waals surface area contributed by atoms with Gasteiger partial charge in [0.05, 0.1) is 0 Å². The number of halogens is 2. The molecule has 2 aromatic carbocycles. The molecule has 1 N–H and O–H groups in total. The van der Waals surface area contributed by atoms with E-state index in [9.17, 15) is 9.18 Å². The second-order valence-corrected chi connectivity index (χ2v) is 5.04. The maximum absolute atomic E-state index is 13.4. The van der Waals surface area contributed by atoms with Gasteiger partial charge in [-0.3, -0.25) is 4.79 Å². The Kier molecular flexibility index (Phi) is 3.07. The van der Waals surface area contributed by atoms with Crippen LogP contribution in [0.4, 0.5) is 4.39 Å². The zero-order valence-corrected chi connectivity index (χ0v) is 11.5. The first-order valence-electron chi connectivity index (χ1n) is 6.14. The van der Waals surface area contributed by atoms with Gasteiger partial charge in [-0.1, -0.05) is 23.7 Å². The van der Waals surface area contributed by atoms with Crippen LogP contribution in [0, 0.1) is 12.7 Å². The maximum Gasteiger partial charge on any atom is 0.195 e. The first-order chi connectivity index (χ1) is 9.58. The third-order valence-electron chi connectivity index (χ3n) is 3.40. The molecule has 0 aliphatic rings. The van der Waals surface area contributed by atoms with Crippen molar-refractivity contribution in [1.29, 1.82) is 0 Å². The molecule has 0 amide bonds. The van der Waals surface area contributed by atoms with Gasteiger partial charge in [0, 0.05) is 33.2 Å². The lowest BCUT2D eigenvalue weighted by Gasteiger charge is -2.05. The lowest BCUT2D eigenvalue weighted by atomic mass is 9.99. The quantitative estimate of drug-likeness (QED) is 0.692. The summed E-state index contributed by atoms with van der Waals surface area (Å²) in [5, 5.41) is 1.12. The van der Waals surface area contributed by atoms with Crippen LogP contribution >= 0.6 is 11.6 Å². The average molecular weight is 288 g/mol. The summed E-state index contributed by atoms with van der Waals surface area (Å²) in [6.45, 7) is 1.80. The number of fused-ring (bicyclic) bond motifs is 1. The number of aromatic nitrogens is 1. The normalized spacial score (nSPS) is 10.9. The Bertz CT molecular complexity index is 822. The van der Waals surface area contributed by atoms with Gasteiger partial charge < -0.3 is 4.98 Å². The molecule has 0 aliphatic heterocycles. The standard InChI is InChI=1S/C16H11ClFNO/c1-9-11(3-2-4-14(9)17)16(20)13-8-19-15-6-5-10(18)7-12(13)15/h2-8,19H,1H3. The average Bonchev–Trinajstić information content (AvgIpc) is 2.84. The van der Waals surface area contributed by atoms with E-state index in [0.717, 1.165) is 11.1 Å². The predicted octanol–water partition coefficient (Wildman–Crippen LogP) is 4.50. The molecule has 0 atom stereocenters. The summed E-state index contributed by atoms with van der Waals surface area (Å²) in [5.74, 6) is -0.532. The summed E-state index contributed by atoms with van der Waals surface area (Å²) in [6, 6.07) is 9.53. The Hall–Kier alpha value is -2.13. The minimum Gasteiger partial charge on any atom is -0.360 e. The van der Waals surface area contributed by atoms with Gasteiger partial charge in [0.15, 0.2) is 5.78 Å². The van der Waals surface area contributed by atoms with Crippen molar-refractivity contribution < 1.29 is 9.18 Å². The Morgan fingerprint density at radius 3 is 2.80 bits per heavy atom. The molecule has 0 bridgehead atoms. The SMILES string of the molecule is Cc1c(Cl)cccc1C(=O)c1c[nH]c2ccc(F)cc12. The molecule has 1 aromatic heterocycles. The molecular weight excluding hydrogens is 277 g/mol. The minimum atomic E-state index is -0.367. The van der Waals surface area contributed by atoms with E-state index in [-0.39, 0.29) is 11.6 Å². The summed E-state index contributed by atoms with van der Waals surface area (Å²) in [6.07, 6.45) is 1.60. The molecule has 3 aromatic rings. The fourth-order valence-electron chi connectivity index (χ4n) is 2.28. The molecule has 100 valence electrons. The number of ketones is 1. The van der Waals surface area contributed by atoms with Crippen LogP contribution in [0.25, 0.3) is 10.9 Å². The van der Waals surface area contributed by atoms with Crippen molar-refractivity contribution in [2.75, 3.05) is 0 Å². The first kappa shape index (κ1) is 12.9. The molecule has 0 saturated heterocycles. The topological polar surface area (TPSA) is 32.9 Å². The number of carbonyl (C=O) groups is 1. The Labute approximate surface area is 120 Å². The second kappa shape index (κ2) is 4.76. The molecule has 2 nitrogen and oxygen atoms in total. The van der Waals surface area contributed by atoms with Crippen LogP contribution in [-0.4, -0.2) is 10.8 Å². The van der Waals surface area contributed by atoms with Crippen molar-refractivity contribution in [3.05, 3.63) is 70.1 Å². The van der Waals surface area contributed by atoms with Crippen LogP contribution in [0.15, 0.2) is 42.6 Å². The number of benzene rings is 2. The fraction of sp³-hybridized carbons (Fsp3) is 0.0625. The van der Waals surface area contributed by atoms with Crippen LogP contribution in [0.5, 0.6) is 0 Å². The lowest BCUT2D eigenvalue weighted by Crippen LogP contribution is -2.03. The van der Waals surface area contributed by atoms with Crippen LogP contribution in [0.1, 0.15) is 21.5 Å². The number of hydrogen-bond donors (Lipinski definition) is 1. The van der Waals surface area contributed by atoms with Gasteiger partial charge in [0.1, 0.15) is 5.82 Å². The smallest absolute Gasteiger partial charge is 0.195 e. The van der Waals surface area contributed by atoms with Gasteiger partial charge in [-0.2, -0.15) is 0 Å². The maximum atomic E-state index is 13.4. The monoisotopic (exact) mass is 287 g/mol. The highest BCUT2D eigenvalue weighted by atomic mass is 35.5. The van der Waals surface area contributed by atoms with E-state index in [1.165, 1.54) is 12.1 Å². The number of rotatable bonds is 2. The number of carbonyl (C=O) groups excluding carboxylic acids is 1. The molecule has 20 heavy (non-hydrogen) atoms. The van der Waals surface area contributed by atoms with Crippen LogP contribution in [-0.2, 0) is 0 Å². The molecule has 0 aliphatic carbocycles. The Morgan fingerprint density at radius 2 is 2.00 bits per heavy atom. The Morgan fingerprint density at radius 1 is 1.20 bits per heavy atom. The van der Waals surface area contributed by atoms with E-state index in [4.69, 9.17) is 11.6 Å². The number of hydrogen-bond acceptors (Lipinski definition) is 1. The molecule has 0 fully saturated rings. The van der Waals surface area contributed by atoms with Crippen molar-refractivity contribution in [3.63, 3.8) is 0 Å². The van der Waals surface area contributed by atoms with Gasteiger partial charge in [-0.15, -0.1) is 0 Å². The third-order valence-corrected chi connectivity index (χ3v) is 3.81. The lowest BCUT2D eigenvalue weighted by molar-refractivity contribution is 0.104. The van der Waals surface area contributed by atoms with E-state index in [1.54, 1.807) is 37.4 Å². The van der Waals surface area contributed by atoms with Gasteiger partial charge in [-0.05, 0) is 36.8 Å². The highest BCUT2D eigenvalue weighted by Crippen LogP contribution is 2.25. The molecule has 0 spiro atoms. The zero-order valence-electron chi connectivity index (χ0n) is 10.7. The highest BCUT2D eigenvalue weighted by Gasteiger charge is 2.17. The van der Waals surface area contributed by atoms with E-state index in [2.05, 4.69) is 4.98 Å². The largest absolute Gasteiger partial charge is 0.360 e. The fourth-order valence-corrected chi connectivity index (χ4v) is 2.45. The van der Waals surface area contributed by atoms with Crippen molar-refractivity contribution in [3.8, 4) is 0 Å². The number of aromatic amines is 1. The molecule has 4 heteroatoms.